The number of aryl methyl sites for hydroxylation is 1. The number of hydrogen-bond acceptors (Lipinski definition) is 4. The van der Waals surface area contributed by atoms with E-state index in [1.54, 1.807) is 12.1 Å². The van der Waals surface area contributed by atoms with Crippen molar-refractivity contribution in [2.75, 3.05) is 16.8 Å². The summed E-state index contributed by atoms with van der Waals surface area (Å²) in [4.78, 5) is 12.0. The first-order chi connectivity index (χ1) is 9.90. The number of nitrogen functional groups attached to an aromatic ring is 1. The van der Waals surface area contributed by atoms with Crippen molar-refractivity contribution in [1.29, 1.82) is 0 Å². The summed E-state index contributed by atoms with van der Waals surface area (Å²) in [6.45, 7) is 1.82. The molecule has 1 aliphatic rings. The summed E-state index contributed by atoms with van der Waals surface area (Å²) >= 11 is 0. The number of sulfone groups is 1. The number of carbonyl (C=O) groups excluding carboxylic acids is 1. The lowest BCUT2D eigenvalue weighted by Crippen LogP contribution is -2.32. The number of carbonyl (C=O) groups is 1. The van der Waals surface area contributed by atoms with Gasteiger partial charge in [-0.2, -0.15) is 0 Å². The van der Waals surface area contributed by atoms with Crippen LogP contribution in [0, 0.1) is 6.92 Å². The highest BCUT2D eigenvalue weighted by Crippen LogP contribution is 2.25. The van der Waals surface area contributed by atoms with Crippen molar-refractivity contribution in [2.45, 2.75) is 44.3 Å². The Morgan fingerprint density at radius 2 is 1.95 bits per heavy atom. The van der Waals surface area contributed by atoms with Gasteiger partial charge < -0.3 is 11.1 Å². The Labute approximate surface area is 125 Å². The lowest BCUT2D eigenvalue weighted by Gasteiger charge is -2.21. The fourth-order valence-corrected chi connectivity index (χ4v) is 4.49. The molecule has 2 rings (SSSR count). The lowest BCUT2D eigenvalue weighted by atomic mass is 10.0. The summed E-state index contributed by atoms with van der Waals surface area (Å²) in [5.74, 6) is -0.979. The van der Waals surface area contributed by atoms with Gasteiger partial charge in [0.15, 0.2) is 9.84 Å². The minimum atomic E-state index is -3.38. The van der Waals surface area contributed by atoms with Gasteiger partial charge in [-0.15, -0.1) is 0 Å². The van der Waals surface area contributed by atoms with E-state index in [2.05, 4.69) is 5.32 Å². The number of benzene rings is 1. The SMILES string of the molecule is Cc1cccc(N)c1NC(=O)CS(=O)(=O)C1CCCCC1. The second kappa shape index (κ2) is 6.47. The molecule has 6 heteroatoms. The number of nitrogens with one attached hydrogen (secondary N) is 1. The van der Waals surface area contributed by atoms with Crippen LogP contribution in [0.2, 0.25) is 0 Å². The Morgan fingerprint density at radius 1 is 1.29 bits per heavy atom. The third-order valence-electron chi connectivity index (χ3n) is 3.96. The van der Waals surface area contributed by atoms with E-state index in [1.807, 2.05) is 13.0 Å². The van der Waals surface area contributed by atoms with Crippen molar-refractivity contribution < 1.29 is 13.2 Å². The number of para-hydroxylation sites is 1. The number of nitrogens with two attached hydrogens (primary N) is 1. The zero-order valence-electron chi connectivity index (χ0n) is 12.3. The molecule has 0 bridgehead atoms. The first-order valence-corrected chi connectivity index (χ1v) is 8.98. The minimum absolute atomic E-state index is 0.369. The summed E-state index contributed by atoms with van der Waals surface area (Å²) < 4.78 is 24.5. The van der Waals surface area contributed by atoms with Gasteiger partial charge >= 0.3 is 0 Å². The average Bonchev–Trinajstić information content (AvgIpc) is 2.43. The van der Waals surface area contributed by atoms with Crippen LogP contribution in [0.1, 0.15) is 37.7 Å². The Hall–Kier alpha value is -1.56. The quantitative estimate of drug-likeness (QED) is 0.835. The summed E-state index contributed by atoms with van der Waals surface area (Å²) in [6, 6.07) is 5.29. The van der Waals surface area contributed by atoms with E-state index in [1.165, 1.54) is 0 Å². The average molecular weight is 310 g/mol. The molecule has 5 nitrogen and oxygen atoms in total. The smallest absolute Gasteiger partial charge is 0.239 e. The van der Waals surface area contributed by atoms with E-state index in [0.29, 0.717) is 24.2 Å². The molecule has 0 aromatic heterocycles. The van der Waals surface area contributed by atoms with Crippen molar-refractivity contribution in [1.82, 2.24) is 0 Å². The Kier molecular flexibility index (Phi) is 4.88. The predicted octanol–water partition coefficient (Wildman–Crippen LogP) is 2.26. The van der Waals surface area contributed by atoms with Crippen molar-refractivity contribution in [3.63, 3.8) is 0 Å². The van der Waals surface area contributed by atoms with Crippen LogP contribution in [0.5, 0.6) is 0 Å². The van der Waals surface area contributed by atoms with Crippen LogP contribution in [0.3, 0.4) is 0 Å². The Morgan fingerprint density at radius 3 is 2.57 bits per heavy atom. The van der Waals surface area contributed by atoms with E-state index < -0.39 is 21.5 Å². The summed E-state index contributed by atoms with van der Waals surface area (Å²) in [5, 5.41) is 2.26. The summed E-state index contributed by atoms with van der Waals surface area (Å²) in [6.07, 6.45) is 4.27. The lowest BCUT2D eigenvalue weighted by molar-refractivity contribution is -0.113. The van der Waals surface area contributed by atoms with Gasteiger partial charge in [0.2, 0.25) is 5.91 Å². The van der Waals surface area contributed by atoms with Crippen molar-refractivity contribution in [2.24, 2.45) is 0 Å². The molecule has 0 unspecified atom stereocenters. The number of rotatable bonds is 4. The molecule has 116 valence electrons. The third kappa shape index (κ3) is 3.97. The summed E-state index contributed by atoms with van der Waals surface area (Å²) in [7, 11) is -3.38. The van der Waals surface area contributed by atoms with Crippen LogP contribution < -0.4 is 11.1 Å². The van der Waals surface area contributed by atoms with E-state index in [-0.39, 0.29) is 5.25 Å². The first kappa shape index (κ1) is 15.8. The zero-order chi connectivity index (χ0) is 15.5. The molecule has 21 heavy (non-hydrogen) atoms. The van der Waals surface area contributed by atoms with Crippen molar-refractivity contribution >= 4 is 27.1 Å². The molecular formula is C15H22N2O3S. The van der Waals surface area contributed by atoms with E-state index in [9.17, 15) is 13.2 Å². The normalized spacial score (nSPS) is 16.6. The first-order valence-electron chi connectivity index (χ1n) is 7.26. The topological polar surface area (TPSA) is 89.3 Å². The number of anilines is 2. The van der Waals surface area contributed by atoms with Gasteiger partial charge in [-0.1, -0.05) is 31.4 Å². The monoisotopic (exact) mass is 310 g/mol. The van der Waals surface area contributed by atoms with Crippen molar-refractivity contribution in [3.05, 3.63) is 23.8 Å². The second-order valence-corrected chi connectivity index (χ2v) is 7.94. The fraction of sp³-hybridized carbons (Fsp3) is 0.533. The molecule has 0 atom stereocenters. The van der Waals surface area contributed by atoms with Crippen molar-refractivity contribution in [3.8, 4) is 0 Å². The van der Waals surface area contributed by atoms with Gasteiger partial charge in [-0.3, -0.25) is 4.79 Å². The molecule has 0 radical (unpaired) electrons. The highest BCUT2D eigenvalue weighted by Gasteiger charge is 2.29. The van der Waals surface area contributed by atoms with E-state index in [4.69, 9.17) is 5.73 Å². The van der Waals surface area contributed by atoms with Gasteiger partial charge in [-0.25, -0.2) is 8.42 Å². The molecule has 3 N–H and O–H groups in total. The van der Waals surface area contributed by atoms with E-state index in [0.717, 1.165) is 24.8 Å². The van der Waals surface area contributed by atoms with Crippen LogP contribution in [-0.4, -0.2) is 25.3 Å². The van der Waals surface area contributed by atoms with Gasteiger partial charge in [0.25, 0.3) is 0 Å². The minimum Gasteiger partial charge on any atom is -0.397 e. The highest BCUT2D eigenvalue weighted by molar-refractivity contribution is 7.92. The highest BCUT2D eigenvalue weighted by atomic mass is 32.2. The Balaban J connectivity index is 2.04. The molecule has 1 aromatic rings. The van der Waals surface area contributed by atoms with Crippen LogP contribution in [0.15, 0.2) is 18.2 Å². The van der Waals surface area contributed by atoms with Gasteiger partial charge in [0, 0.05) is 0 Å². The predicted molar refractivity (Wildman–Crippen MR) is 84.9 cm³/mol. The molecule has 1 saturated carbocycles. The van der Waals surface area contributed by atoms with E-state index >= 15 is 0 Å². The fourth-order valence-electron chi connectivity index (χ4n) is 2.76. The molecule has 1 aromatic carbocycles. The maximum absolute atomic E-state index is 12.3. The molecule has 0 saturated heterocycles. The second-order valence-electron chi connectivity index (χ2n) is 5.65. The standard InChI is InChI=1S/C15H22N2O3S/c1-11-6-5-9-13(16)15(11)17-14(18)10-21(19,20)12-7-3-2-4-8-12/h5-6,9,12H,2-4,7-8,10,16H2,1H3,(H,17,18). The molecule has 1 fully saturated rings. The Bertz CT molecular complexity index is 600. The summed E-state index contributed by atoms with van der Waals surface area (Å²) in [5.41, 5.74) is 7.57. The molecule has 0 aliphatic heterocycles. The molecule has 1 aliphatic carbocycles. The van der Waals surface area contributed by atoms with Crippen LogP contribution in [0.25, 0.3) is 0 Å². The molecular weight excluding hydrogens is 288 g/mol. The van der Waals surface area contributed by atoms with Gasteiger partial charge in [0.05, 0.1) is 16.6 Å². The number of hydrogen-bond donors (Lipinski definition) is 2. The maximum Gasteiger partial charge on any atom is 0.239 e. The molecule has 0 spiro atoms. The largest absolute Gasteiger partial charge is 0.397 e. The van der Waals surface area contributed by atoms with Crippen LogP contribution in [0.4, 0.5) is 11.4 Å². The molecule has 1 amide bonds. The maximum atomic E-state index is 12.3. The van der Waals surface area contributed by atoms with Gasteiger partial charge in [-0.05, 0) is 31.4 Å². The zero-order valence-corrected chi connectivity index (χ0v) is 13.1. The number of amides is 1. The van der Waals surface area contributed by atoms with Gasteiger partial charge in [0.1, 0.15) is 5.75 Å². The third-order valence-corrected chi connectivity index (χ3v) is 6.11. The molecule has 0 heterocycles. The van der Waals surface area contributed by atoms with Crippen LogP contribution in [-0.2, 0) is 14.6 Å². The van der Waals surface area contributed by atoms with Crippen LogP contribution >= 0.6 is 0 Å².